The number of hydrogen-bond acceptors (Lipinski definition) is 5. The third-order valence-corrected chi connectivity index (χ3v) is 5.16. The zero-order valence-corrected chi connectivity index (χ0v) is 22.5. The summed E-state index contributed by atoms with van der Waals surface area (Å²) in [5.41, 5.74) is 0.934. The van der Waals surface area contributed by atoms with Crippen LogP contribution in [0.5, 0.6) is 0 Å². The minimum atomic E-state index is 0. The average Bonchev–Trinajstić information content (AvgIpc) is 2.90. The maximum atomic E-state index is 8.76. The SMILES string of the molecule is C.C.C.CC.CC.CC.CN1CCC(CO)CC1.CN1CCC(CO)CC1.OCc1cc[nH+]cc1. The van der Waals surface area contributed by atoms with E-state index in [9.17, 15) is 0 Å². The summed E-state index contributed by atoms with van der Waals surface area (Å²) in [4.78, 5) is 7.48. The molecule has 0 radical (unpaired) electrons. The fourth-order valence-electron chi connectivity index (χ4n) is 3.02. The van der Waals surface area contributed by atoms with Gasteiger partial charge in [-0.3, -0.25) is 0 Å². The summed E-state index contributed by atoms with van der Waals surface area (Å²) in [6, 6.07) is 3.67. The summed E-state index contributed by atoms with van der Waals surface area (Å²) in [5, 5.41) is 26.0. The number of nitrogens with one attached hydrogen (secondary N) is 1. The number of aromatic nitrogens is 1. The van der Waals surface area contributed by atoms with E-state index in [2.05, 4.69) is 28.9 Å². The molecular weight excluding hydrogens is 438 g/mol. The van der Waals surface area contributed by atoms with E-state index in [1.165, 1.54) is 25.7 Å². The molecular formula is C29H68N3O3+. The maximum absolute atomic E-state index is 8.76. The summed E-state index contributed by atoms with van der Waals surface area (Å²) in [5.74, 6) is 1.17. The van der Waals surface area contributed by atoms with Crippen LogP contribution in [0.2, 0.25) is 0 Å². The normalized spacial score (nSPS) is 15.3. The molecule has 0 spiro atoms. The monoisotopic (exact) mass is 507 g/mol. The predicted octanol–water partition coefficient (Wildman–Crippen LogP) is 5.62. The van der Waals surface area contributed by atoms with Gasteiger partial charge in [-0.2, -0.15) is 0 Å². The van der Waals surface area contributed by atoms with Crippen molar-refractivity contribution in [3.05, 3.63) is 30.1 Å². The fraction of sp³-hybridized carbons (Fsp3) is 0.828. The molecule has 6 heteroatoms. The van der Waals surface area contributed by atoms with Gasteiger partial charge in [0.05, 0.1) is 6.61 Å². The highest BCUT2D eigenvalue weighted by molar-refractivity contribution is 5.04. The Morgan fingerprint density at radius 1 is 0.657 bits per heavy atom. The number of aromatic amines is 1. The number of aliphatic hydroxyl groups is 3. The highest BCUT2D eigenvalue weighted by Gasteiger charge is 2.15. The molecule has 2 aliphatic rings. The average molecular weight is 507 g/mol. The van der Waals surface area contributed by atoms with Gasteiger partial charge in [0, 0.05) is 25.3 Å². The van der Waals surface area contributed by atoms with Gasteiger partial charge in [0.25, 0.3) is 0 Å². The smallest absolute Gasteiger partial charge is 0.167 e. The zero-order valence-electron chi connectivity index (χ0n) is 22.5. The third-order valence-electron chi connectivity index (χ3n) is 5.16. The minimum Gasteiger partial charge on any atom is -0.396 e. The molecule has 35 heavy (non-hydrogen) atoms. The van der Waals surface area contributed by atoms with Gasteiger partial charge < -0.3 is 25.1 Å². The number of aliphatic hydroxyl groups excluding tert-OH is 3. The third kappa shape index (κ3) is 29.1. The second kappa shape index (κ2) is 37.5. The molecule has 2 fully saturated rings. The second-order valence-electron chi connectivity index (χ2n) is 7.42. The standard InChI is InChI=1S/2C7H15NO.C6H7NO.3C2H6.3CH4/c2*1-8-4-2-7(6-9)3-5-8;8-5-6-1-3-7-4-2-6;3*1-2;;;/h2*7,9H,2-6H2,1H3;1-4,8H,5H2;3*1-2H3;3*1H4/p+1. The molecule has 1 aromatic rings. The Hall–Kier alpha value is -1.05. The van der Waals surface area contributed by atoms with Crippen LogP contribution in [-0.2, 0) is 6.61 Å². The second-order valence-corrected chi connectivity index (χ2v) is 7.42. The number of hydrogen-bond donors (Lipinski definition) is 3. The van der Waals surface area contributed by atoms with E-state index >= 15 is 0 Å². The lowest BCUT2D eigenvalue weighted by molar-refractivity contribution is -0.378. The highest BCUT2D eigenvalue weighted by Crippen LogP contribution is 2.14. The van der Waals surface area contributed by atoms with E-state index in [0.717, 1.165) is 31.7 Å². The molecule has 3 rings (SSSR count). The van der Waals surface area contributed by atoms with Crippen molar-refractivity contribution in [1.82, 2.24) is 9.80 Å². The van der Waals surface area contributed by atoms with Gasteiger partial charge in [-0.1, -0.05) is 63.8 Å². The Labute approximate surface area is 221 Å². The summed E-state index contributed by atoms with van der Waals surface area (Å²) in [6.45, 7) is 17.5. The first-order valence-electron chi connectivity index (χ1n) is 12.7. The van der Waals surface area contributed by atoms with Gasteiger partial charge in [0.15, 0.2) is 12.4 Å². The molecule has 2 saturated heterocycles. The lowest BCUT2D eigenvalue weighted by atomic mass is 9.98. The first kappa shape index (κ1) is 47.2. The van der Waals surface area contributed by atoms with E-state index in [4.69, 9.17) is 15.3 Å². The summed E-state index contributed by atoms with van der Waals surface area (Å²) in [7, 11) is 4.27. The van der Waals surface area contributed by atoms with Crippen LogP contribution in [0.1, 0.15) is 95.1 Å². The van der Waals surface area contributed by atoms with Crippen molar-refractivity contribution in [3.8, 4) is 0 Å². The van der Waals surface area contributed by atoms with E-state index in [-0.39, 0.29) is 28.9 Å². The van der Waals surface area contributed by atoms with Gasteiger partial charge in [-0.25, -0.2) is 4.98 Å². The Kier molecular flexibility index (Phi) is 50.6. The number of pyridine rings is 1. The van der Waals surface area contributed by atoms with Crippen LogP contribution >= 0.6 is 0 Å². The van der Waals surface area contributed by atoms with Crippen LogP contribution in [0.4, 0.5) is 0 Å². The van der Waals surface area contributed by atoms with Gasteiger partial charge in [0.2, 0.25) is 0 Å². The summed E-state index contributed by atoms with van der Waals surface area (Å²) < 4.78 is 0. The van der Waals surface area contributed by atoms with Crippen molar-refractivity contribution in [2.75, 3.05) is 53.5 Å². The molecule has 0 bridgehead atoms. The van der Waals surface area contributed by atoms with Crippen molar-refractivity contribution in [2.24, 2.45) is 11.8 Å². The van der Waals surface area contributed by atoms with E-state index in [1.807, 2.05) is 53.7 Å². The van der Waals surface area contributed by atoms with Gasteiger partial charge in [-0.05, 0) is 83.4 Å². The minimum absolute atomic E-state index is 0. The summed E-state index contributed by atoms with van der Waals surface area (Å²) in [6.07, 6.45) is 8.26. The Morgan fingerprint density at radius 2 is 0.943 bits per heavy atom. The summed E-state index contributed by atoms with van der Waals surface area (Å²) >= 11 is 0. The van der Waals surface area contributed by atoms with Gasteiger partial charge >= 0.3 is 0 Å². The molecule has 0 amide bonds. The highest BCUT2D eigenvalue weighted by atomic mass is 16.3. The molecule has 4 N–H and O–H groups in total. The van der Waals surface area contributed by atoms with Crippen molar-refractivity contribution in [2.45, 2.75) is 96.1 Å². The van der Waals surface area contributed by atoms with Crippen molar-refractivity contribution < 1.29 is 20.3 Å². The van der Waals surface area contributed by atoms with E-state index in [0.29, 0.717) is 25.0 Å². The number of nitrogens with zero attached hydrogens (tertiary/aromatic N) is 2. The Bertz CT molecular complexity index is 412. The van der Waals surface area contributed by atoms with Crippen LogP contribution in [-0.4, -0.2) is 78.6 Å². The Morgan fingerprint density at radius 3 is 1.14 bits per heavy atom. The van der Waals surface area contributed by atoms with Crippen LogP contribution in [0.15, 0.2) is 24.5 Å². The molecule has 2 aliphatic heterocycles. The topological polar surface area (TPSA) is 81.3 Å². The van der Waals surface area contributed by atoms with Crippen molar-refractivity contribution in [1.29, 1.82) is 0 Å². The molecule has 0 aromatic carbocycles. The van der Waals surface area contributed by atoms with E-state index < -0.39 is 0 Å². The fourth-order valence-corrected chi connectivity index (χ4v) is 3.02. The maximum Gasteiger partial charge on any atom is 0.167 e. The zero-order chi connectivity index (χ0) is 25.2. The van der Waals surface area contributed by atoms with Gasteiger partial charge in [0.1, 0.15) is 0 Å². The molecule has 216 valence electrons. The van der Waals surface area contributed by atoms with E-state index in [1.54, 1.807) is 12.4 Å². The number of rotatable bonds is 3. The van der Waals surface area contributed by atoms with Crippen LogP contribution in [0, 0.1) is 11.8 Å². The first-order valence-corrected chi connectivity index (χ1v) is 12.7. The van der Waals surface area contributed by atoms with Crippen LogP contribution < -0.4 is 4.98 Å². The van der Waals surface area contributed by atoms with Crippen molar-refractivity contribution >= 4 is 0 Å². The molecule has 6 nitrogen and oxygen atoms in total. The largest absolute Gasteiger partial charge is 0.396 e. The van der Waals surface area contributed by atoms with Crippen LogP contribution in [0.3, 0.4) is 0 Å². The molecule has 3 heterocycles. The number of H-pyrrole nitrogens is 1. The molecule has 1 aromatic heterocycles. The molecule has 0 aliphatic carbocycles. The first-order chi connectivity index (χ1) is 15.6. The number of likely N-dealkylation sites (tertiary alicyclic amines) is 2. The Balaban J connectivity index is -0.0000000783. The molecule has 0 unspecified atom stereocenters. The molecule has 0 saturated carbocycles. The lowest BCUT2D eigenvalue weighted by Gasteiger charge is -2.27. The quantitative estimate of drug-likeness (QED) is 0.496. The van der Waals surface area contributed by atoms with Gasteiger partial charge in [-0.15, -0.1) is 0 Å². The van der Waals surface area contributed by atoms with Crippen molar-refractivity contribution in [3.63, 3.8) is 0 Å². The molecule has 0 atom stereocenters. The van der Waals surface area contributed by atoms with Crippen LogP contribution in [0.25, 0.3) is 0 Å². The number of piperidine rings is 2. The predicted molar refractivity (Wildman–Crippen MR) is 158 cm³/mol. The lowest BCUT2D eigenvalue weighted by Crippen LogP contribution is -2.31.